The van der Waals surface area contributed by atoms with Gasteiger partial charge in [0.2, 0.25) is 0 Å². The molecular weight excluding hydrogens is 226 g/mol. The summed E-state index contributed by atoms with van der Waals surface area (Å²) in [5.74, 6) is 5.68. The molecule has 1 unspecified atom stereocenters. The van der Waals surface area contributed by atoms with Crippen LogP contribution in [0.5, 0.6) is 0 Å². The van der Waals surface area contributed by atoms with Crippen LogP contribution in [0.25, 0.3) is 0 Å². The molecule has 1 atom stereocenters. The van der Waals surface area contributed by atoms with Crippen molar-refractivity contribution < 1.29 is 0 Å². The van der Waals surface area contributed by atoms with Crippen LogP contribution >= 0.6 is 0 Å². The van der Waals surface area contributed by atoms with Gasteiger partial charge in [-0.1, -0.05) is 6.92 Å². The number of aromatic nitrogens is 3. The predicted octanol–water partition coefficient (Wildman–Crippen LogP) is 1.12. The maximum atomic E-state index is 5.68. The number of aryl methyl sites for hydroxylation is 2. The molecule has 5 heteroatoms. The summed E-state index contributed by atoms with van der Waals surface area (Å²) in [5.41, 5.74) is 6.35. The van der Waals surface area contributed by atoms with Gasteiger partial charge in [-0.05, 0) is 30.5 Å². The molecule has 0 bridgehead atoms. The van der Waals surface area contributed by atoms with E-state index < -0.39 is 0 Å². The van der Waals surface area contributed by atoms with Gasteiger partial charge in [0.05, 0.1) is 11.7 Å². The van der Waals surface area contributed by atoms with E-state index in [1.54, 1.807) is 12.4 Å². The van der Waals surface area contributed by atoms with Crippen LogP contribution in [0.4, 0.5) is 0 Å². The third-order valence-electron chi connectivity index (χ3n) is 3.04. The topological polar surface area (TPSA) is 68.8 Å². The zero-order valence-electron chi connectivity index (χ0n) is 10.8. The van der Waals surface area contributed by atoms with Crippen LogP contribution in [0.15, 0.2) is 30.7 Å². The van der Waals surface area contributed by atoms with Gasteiger partial charge in [-0.2, -0.15) is 5.10 Å². The third kappa shape index (κ3) is 2.75. The zero-order chi connectivity index (χ0) is 13.0. The summed E-state index contributed by atoms with van der Waals surface area (Å²) in [6.07, 6.45) is 7.37. The molecule has 2 rings (SSSR count). The summed E-state index contributed by atoms with van der Waals surface area (Å²) in [7, 11) is 1.93. The molecule has 0 spiro atoms. The second-order valence-corrected chi connectivity index (χ2v) is 4.34. The van der Waals surface area contributed by atoms with Crippen molar-refractivity contribution >= 4 is 0 Å². The average molecular weight is 245 g/mol. The van der Waals surface area contributed by atoms with Gasteiger partial charge in [0.25, 0.3) is 0 Å². The van der Waals surface area contributed by atoms with E-state index >= 15 is 0 Å². The van der Waals surface area contributed by atoms with Crippen LogP contribution < -0.4 is 11.3 Å². The minimum Gasteiger partial charge on any atom is -0.275 e. The van der Waals surface area contributed by atoms with Gasteiger partial charge in [-0.25, -0.2) is 0 Å². The molecule has 0 radical (unpaired) electrons. The van der Waals surface area contributed by atoms with Crippen molar-refractivity contribution in [1.82, 2.24) is 20.2 Å². The number of nitrogens with zero attached hydrogens (tertiary/aromatic N) is 3. The molecule has 2 aromatic heterocycles. The molecule has 0 aliphatic rings. The second kappa shape index (κ2) is 5.75. The molecule has 0 saturated carbocycles. The summed E-state index contributed by atoms with van der Waals surface area (Å²) in [5, 5.41) is 4.45. The monoisotopic (exact) mass is 245 g/mol. The molecule has 0 aliphatic carbocycles. The molecule has 96 valence electrons. The lowest BCUT2D eigenvalue weighted by Crippen LogP contribution is -2.30. The van der Waals surface area contributed by atoms with E-state index in [4.69, 9.17) is 5.84 Å². The Kier molecular flexibility index (Phi) is 4.07. The van der Waals surface area contributed by atoms with Gasteiger partial charge < -0.3 is 0 Å². The lowest BCUT2D eigenvalue weighted by Gasteiger charge is -2.15. The Morgan fingerprint density at radius 1 is 1.39 bits per heavy atom. The van der Waals surface area contributed by atoms with Gasteiger partial charge in [0.15, 0.2) is 0 Å². The fourth-order valence-electron chi connectivity index (χ4n) is 2.13. The van der Waals surface area contributed by atoms with Gasteiger partial charge in [-0.3, -0.25) is 20.9 Å². The Labute approximate surface area is 107 Å². The van der Waals surface area contributed by atoms with Crippen molar-refractivity contribution in [2.45, 2.75) is 25.8 Å². The Morgan fingerprint density at radius 2 is 2.11 bits per heavy atom. The minimum absolute atomic E-state index is 0.0797. The third-order valence-corrected chi connectivity index (χ3v) is 3.04. The summed E-state index contributed by atoms with van der Waals surface area (Å²) in [6.45, 7) is 2.10. The highest BCUT2D eigenvalue weighted by atomic mass is 15.3. The highest BCUT2D eigenvalue weighted by Gasteiger charge is 2.16. The molecule has 0 aromatic carbocycles. The van der Waals surface area contributed by atoms with Gasteiger partial charge >= 0.3 is 0 Å². The quantitative estimate of drug-likeness (QED) is 0.612. The highest BCUT2D eigenvalue weighted by Crippen LogP contribution is 2.20. The predicted molar refractivity (Wildman–Crippen MR) is 70.6 cm³/mol. The maximum absolute atomic E-state index is 5.68. The zero-order valence-corrected chi connectivity index (χ0v) is 10.8. The van der Waals surface area contributed by atoms with Crippen LogP contribution in [0.2, 0.25) is 0 Å². The van der Waals surface area contributed by atoms with Crippen molar-refractivity contribution in [2.24, 2.45) is 12.9 Å². The molecule has 0 fully saturated rings. The van der Waals surface area contributed by atoms with Gasteiger partial charge in [0, 0.05) is 31.2 Å². The molecule has 3 N–H and O–H groups in total. The van der Waals surface area contributed by atoms with Crippen molar-refractivity contribution in [3.8, 4) is 0 Å². The van der Waals surface area contributed by atoms with E-state index in [1.807, 2.05) is 30.1 Å². The first kappa shape index (κ1) is 12.7. The molecule has 0 aliphatic heterocycles. The Morgan fingerprint density at radius 3 is 2.72 bits per heavy atom. The fraction of sp³-hybridized carbons (Fsp3) is 0.385. The van der Waals surface area contributed by atoms with E-state index in [0.29, 0.717) is 0 Å². The van der Waals surface area contributed by atoms with E-state index in [9.17, 15) is 0 Å². The number of nitrogens with one attached hydrogen (secondary N) is 1. The normalized spacial score (nSPS) is 12.6. The van der Waals surface area contributed by atoms with Gasteiger partial charge in [0.1, 0.15) is 0 Å². The lowest BCUT2D eigenvalue weighted by atomic mass is 10.00. The van der Waals surface area contributed by atoms with E-state index in [2.05, 4.69) is 22.4 Å². The van der Waals surface area contributed by atoms with Crippen LogP contribution in [-0.4, -0.2) is 14.8 Å². The molecular formula is C13H19N5. The number of rotatable bonds is 5. The Balaban J connectivity index is 2.22. The minimum atomic E-state index is 0.0797. The number of hydrazine groups is 1. The molecule has 18 heavy (non-hydrogen) atoms. The smallest absolute Gasteiger partial charge is 0.0670 e. The summed E-state index contributed by atoms with van der Waals surface area (Å²) in [6, 6.07) is 4.09. The van der Waals surface area contributed by atoms with Crippen molar-refractivity contribution in [3.05, 3.63) is 47.5 Å². The lowest BCUT2D eigenvalue weighted by molar-refractivity contribution is 0.547. The van der Waals surface area contributed by atoms with E-state index in [1.165, 1.54) is 11.1 Å². The fourth-order valence-corrected chi connectivity index (χ4v) is 2.13. The molecule has 2 heterocycles. The molecule has 0 saturated heterocycles. The second-order valence-electron chi connectivity index (χ2n) is 4.34. The van der Waals surface area contributed by atoms with E-state index in [0.717, 1.165) is 18.5 Å². The van der Waals surface area contributed by atoms with Crippen LogP contribution in [0.1, 0.15) is 29.8 Å². The molecule has 5 nitrogen and oxygen atoms in total. The number of hydrogen-bond acceptors (Lipinski definition) is 4. The first-order chi connectivity index (χ1) is 8.74. The van der Waals surface area contributed by atoms with Crippen molar-refractivity contribution in [3.63, 3.8) is 0 Å². The summed E-state index contributed by atoms with van der Waals surface area (Å²) < 4.78 is 1.84. The Bertz CT molecular complexity index is 491. The largest absolute Gasteiger partial charge is 0.275 e. The van der Waals surface area contributed by atoms with Crippen LogP contribution in [0, 0.1) is 0 Å². The molecule has 0 amide bonds. The first-order valence-electron chi connectivity index (χ1n) is 6.12. The Hall–Kier alpha value is -1.72. The van der Waals surface area contributed by atoms with Crippen molar-refractivity contribution in [2.75, 3.05) is 0 Å². The van der Waals surface area contributed by atoms with Crippen LogP contribution in [-0.2, 0) is 19.9 Å². The molecule has 2 aromatic rings. The maximum Gasteiger partial charge on any atom is 0.0670 e. The number of nitrogens with two attached hydrogens (primary N) is 1. The van der Waals surface area contributed by atoms with Gasteiger partial charge in [-0.15, -0.1) is 0 Å². The first-order valence-corrected chi connectivity index (χ1v) is 6.12. The standard InChI is InChI=1S/C13H19N5/c1-3-12-11(9-18(2)17-12)13(16-14)8-10-4-6-15-7-5-10/h4-7,9,13,16H,3,8,14H2,1-2H3. The number of hydrogen-bond donors (Lipinski definition) is 2. The summed E-state index contributed by atoms with van der Waals surface area (Å²) >= 11 is 0. The van der Waals surface area contributed by atoms with E-state index in [-0.39, 0.29) is 6.04 Å². The van der Waals surface area contributed by atoms with Crippen molar-refractivity contribution in [1.29, 1.82) is 0 Å². The highest BCUT2D eigenvalue weighted by molar-refractivity contribution is 5.24. The number of pyridine rings is 1. The van der Waals surface area contributed by atoms with Crippen LogP contribution in [0.3, 0.4) is 0 Å². The average Bonchev–Trinajstić information content (AvgIpc) is 2.78. The SMILES string of the molecule is CCc1nn(C)cc1C(Cc1ccncc1)NN. The summed E-state index contributed by atoms with van der Waals surface area (Å²) in [4.78, 5) is 4.02.